The average molecular weight is 358 g/mol. The van der Waals surface area contributed by atoms with Crippen LogP contribution in [0.3, 0.4) is 0 Å². The molecule has 1 amide bonds. The van der Waals surface area contributed by atoms with Crippen molar-refractivity contribution < 1.29 is 4.79 Å². The minimum Gasteiger partial charge on any atom is -0.340 e. The highest BCUT2D eigenvalue weighted by Crippen LogP contribution is 2.28. The zero-order valence-corrected chi connectivity index (χ0v) is 15.8. The number of allylic oxidation sites excluding steroid dienone is 1. The van der Waals surface area contributed by atoms with Gasteiger partial charge in [-0.15, -0.1) is 6.58 Å². The molecular weight excluding hydrogens is 336 g/mol. The van der Waals surface area contributed by atoms with Gasteiger partial charge in [0, 0.05) is 40.1 Å². The third-order valence-corrected chi connectivity index (χ3v) is 4.73. The Morgan fingerprint density at radius 2 is 1.85 bits per heavy atom. The Bertz CT molecular complexity index is 1090. The molecule has 0 aliphatic carbocycles. The molecule has 1 N–H and O–H groups in total. The Morgan fingerprint density at radius 3 is 2.48 bits per heavy atom. The minimum atomic E-state index is -0.431. The molecule has 2 heterocycles. The van der Waals surface area contributed by atoms with Gasteiger partial charge < -0.3 is 4.57 Å². The third-order valence-electron chi connectivity index (χ3n) is 4.73. The number of nitrogens with zero attached hydrogens (tertiary/aromatic N) is 3. The van der Waals surface area contributed by atoms with Crippen LogP contribution < -0.4 is 5.43 Å². The van der Waals surface area contributed by atoms with Crippen LogP contribution in [-0.4, -0.2) is 15.2 Å². The first-order valence-electron chi connectivity index (χ1n) is 8.74. The largest absolute Gasteiger partial charge is 0.340 e. The molecule has 0 saturated heterocycles. The molecule has 136 valence electrons. The molecule has 5 heteroatoms. The van der Waals surface area contributed by atoms with Crippen molar-refractivity contribution in [2.45, 2.75) is 27.3 Å². The van der Waals surface area contributed by atoms with Gasteiger partial charge in [0.15, 0.2) is 0 Å². The molecule has 0 fully saturated rings. The summed E-state index contributed by atoms with van der Waals surface area (Å²) in [6, 6.07) is 13.8. The number of amides is 1. The van der Waals surface area contributed by atoms with Gasteiger partial charge in [0.05, 0.1) is 0 Å². The van der Waals surface area contributed by atoms with Gasteiger partial charge in [-0.2, -0.15) is 5.26 Å². The Kier molecular flexibility index (Phi) is 5.00. The Morgan fingerprint density at radius 1 is 1.19 bits per heavy atom. The van der Waals surface area contributed by atoms with Crippen molar-refractivity contribution in [1.82, 2.24) is 9.24 Å². The number of aromatic nitrogens is 2. The quantitative estimate of drug-likeness (QED) is 0.421. The van der Waals surface area contributed by atoms with Gasteiger partial charge in [0.1, 0.15) is 11.6 Å². The summed E-state index contributed by atoms with van der Waals surface area (Å²) in [6.45, 7) is 10.3. The molecule has 3 rings (SSSR count). The number of aryl methyl sites for hydroxylation is 2. The predicted octanol–water partition coefficient (Wildman–Crippen LogP) is 4.23. The molecule has 1 aromatic carbocycles. The fraction of sp³-hybridized carbons (Fsp3) is 0.182. The lowest BCUT2D eigenvalue weighted by Crippen LogP contribution is -2.25. The lowest BCUT2D eigenvalue weighted by molar-refractivity contribution is -0.113. The van der Waals surface area contributed by atoms with Gasteiger partial charge in [0.2, 0.25) is 0 Å². The van der Waals surface area contributed by atoms with Crippen LogP contribution >= 0.6 is 0 Å². The van der Waals surface area contributed by atoms with Gasteiger partial charge in [-0.05, 0) is 45.0 Å². The van der Waals surface area contributed by atoms with Crippen LogP contribution in [0.15, 0.2) is 54.6 Å². The highest BCUT2D eigenvalue weighted by Gasteiger charge is 2.16. The first kappa shape index (κ1) is 18.3. The van der Waals surface area contributed by atoms with Gasteiger partial charge in [0.25, 0.3) is 5.91 Å². The van der Waals surface area contributed by atoms with Crippen molar-refractivity contribution in [2.75, 3.05) is 5.43 Å². The topological polar surface area (TPSA) is 62.8 Å². The maximum absolute atomic E-state index is 12.7. The summed E-state index contributed by atoms with van der Waals surface area (Å²) >= 11 is 0. The SMILES string of the molecule is C=CCn1c(C)c(/C=C(\C#N)C(=O)Nn2c(C)ccc2C)c2ccccc21. The maximum atomic E-state index is 12.7. The molecule has 0 saturated carbocycles. The molecule has 0 aliphatic rings. The molecule has 2 aromatic heterocycles. The molecule has 0 aliphatic heterocycles. The van der Waals surface area contributed by atoms with Crippen molar-refractivity contribution in [2.24, 2.45) is 0 Å². The number of hydrogen-bond acceptors (Lipinski definition) is 2. The van der Waals surface area contributed by atoms with E-state index in [1.54, 1.807) is 10.8 Å². The van der Waals surface area contributed by atoms with E-state index >= 15 is 0 Å². The van der Waals surface area contributed by atoms with Crippen LogP contribution in [-0.2, 0) is 11.3 Å². The van der Waals surface area contributed by atoms with Gasteiger partial charge in [-0.1, -0.05) is 24.3 Å². The number of para-hydroxylation sites is 1. The van der Waals surface area contributed by atoms with Crippen LogP contribution in [0.5, 0.6) is 0 Å². The van der Waals surface area contributed by atoms with Crippen molar-refractivity contribution in [1.29, 1.82) is 5.26 Å². The summed E-state index contributed by atoms with van der Waals surface area (Å²) in [5.41, 5.74) is 7.57. The number of rotatable bonds is 5. The second kappa shape index (κ2) is 7.38. The van der Waals surface area contributed by atoms with Crippen LogP contribution in [0.1, 0.15) is 22.6 Å². The van der Waals surface area contributed by atoms with Crippen LogP contribution in [0, 0.1) is 32.1 Å². The highest BCUT2D eigenvalue weighted by molar-refractivity contribution is 6.08. The predicted molar refractivity (Wildman–Crippen MR) is 109 cm³/mol. The molecule has 0 spiro atoms. The number of carbonyl (C=O) groups is 1. The van der Waals surface area contributed by atoms with E-state index in [2.05, 4.69) is 16.6 Å². The second-order valence-electron chi connectivity index (χ2n) is 6.48. The van der Waals surface area contributed by atoms with E-state index in [1.165, 1.54) is 0 Å². The molecule has 0 unspecified atom stereocenters. The highest BCUT2D eigenvalue weighted by atomic mass is 16.2. The smallest absolute Gasteiger partial charge is 0.280 e. The fourth-order valence-corrected chi connectivity index (χ4v) is 3.30. The van der Waals surface area contributed by atoms with Crippen LogP contribution in [0.4, 0.5) is 0 Å². The Hall–Kier alpha value is -3.52. The average Bonchev–Trinajstić information content (AvgIpc) is 3.12. The fourth-order valence-electron chi connectivity index (χ4n) is 3.30. The lowest BCUT2D eigenvalue weighted by atomic mass is 10.1. The summed E-state index contributed by atoms with van der Waals surface area (Å²) in [7, 11) is 0. The monoisotopic (exact) mass is 358 g/mol. The van der Waals surface area contributed by atoms with E-state index in [-0.39, 0.29) is 5.57 Å². The summed E-state index contributed by atoms with van der Waals surface area (Å²) in [6.07, 6.45) is 3.50. The first-order valence-corrected chi connectivity index (χ1v) is 8.74. The zero-order valence-electron chi connectivity index (χ0n) is 15.8. The molecule has 0 atom stereocenters. The molecular formula is C22H22N4O. The normalized spacial score (nSPS) is 11.4. The summed E-state index contributed by atoms with van der Waals surface area (Å²) in [5, 5.41) is 10.6. The Labute approximate surface area is 158 Å². The van der Waals surface area contributed by atoms with E-state index in [4.69, 9.17) is 0 Å². The van der Waals surface area contributed by atoms with Crippen LogP contribution in [0.25, 0.3) is 17.0 Å². The van der Waals surface area contributed by atoms with Gasteiger partial charge in [-0.3, -0.25) is 14.9 Å². The minimum absolute atomic E-state index is 0.0621. The Balaban J connectivity index is 2.06. The van der Waals surface area contributed by atoms with E-state index in [1.807, 2.05) is 69.3 Å². The first-order chi connectivity index (χ1) is 13.0. The summed E-state index contributed by atoms with van der Waals surface area (Å²) in [4.78, 5) is 12.7. The molecule has 5 nitrogen and oxygen atoms in total. The number of hydrogen-bond donors (Lipinski definition) is 1. The lowest BCUT2D eigenvalue weighted by Gasteiger charge is -2.10. The van der Waals surface area contributed by atoms with Crippen LogP contribution in [0.2, 0.25) is 0 Å². The zero-order chi connectivity index (χ0) is 19.6. The second-order valence-corrected chi connectivity index (χ2v) is 6.48. The summed E-state index contributed by atoms with van der Waals surface area (Å²) < 4.78 is 3.81. The number of nitriles is 1. The van der Waals surface area contributed by atoms with Gasteiger partial charge >= 0.3 is 0 Å². The van der Waals surface area contributed by atoms with Crippen molar-refractivity contribution in [3.8, 4) is 6.07 Å². The number of carbonyl (C=O) groups excluding carboxylic acids is 1. The van der Waals surface area contributed by atoms with Crippen molar-refractivity contribution in [3.05, 3.63) is 77.3 Å². The third kappa shape index (κ3) is 3.30. The van der Waals surface area contributed by atoms with Crippen molar-refractivity contribution in [3.63, 3.8) is 0 Å². The molecule has 3 aromatic rings. The maximum Gasteiger partial charge on any atom is 0.280 e. The number of benzene rings is 1. The standard InChI is InChI=1S/C22H22N4O/c1-5-12-25-17(4)20(19-8-6-7-9-21(19)25)13-18(14-23)22(27)24-26-15(2)10-11-16(26)3/h5-11,13H,1,12H2,2-4H3,(H,24,27)/b18-13+. The van der Waals surface area contributed by atoms with E-state index < -0.39 is 5.91 Å². The van der Waals surface area contributed by atoms with E-state index in [0.29, 0.717) is 6.54 Å². The number of nitrogens with one attached hydrogen (secondary N) is 1. The molecule has 27 heavy (non-hydrogen) atoms. The van der Waals surface area contributed by atoms with Gasteiger partial charge in [-0.25, -0.2) is 0 Å². The summed E-state index contributed by atoms with van der Waals surface area (Å²) in [5.74, 6) is -0.431. The molecule has 0 radical (unpaired) electrons. The number of fused-ring (bicyclic) bond motifs is 1. The van der Waals surface area contributed by atoms with E-state index in [0.717, 1.165) is 33.5 Å². The molecule has 0 bridgehead atoms. The van der Waals surface area contributed by atoms with Crippen molar-refractivity contribution >= 4 is 22.9 Å². The van der Waals surface area contributed by atoms with E-state index in [9.17, 15) is 10.1 Å².